The molecule has 33 heavy (non-hydrogen) atoms. The summed E-state index contributed by atoms with van der Waals surface area (Å²) >= 11 is 15.4. The van der Waals surface area contributed by atoms with Crippen molar-refractivity contribution in [3.63, 3.8) is 0 Å². The second-order valence-corrected chi connectivity index (χ2v) is 8.45. The van der Waals surface area contributed by atoms with Crippen LogP contribution in [-0.2, 0) is 9.59 Å². The Morgan fingerprint density at radius 2 is 1.39 bits per heavy atom. The molecule has 0 unspecified atom stereocenters. The fraction of sp³-hybridized carbons (Fsp3) is 0.0833. The van der Waals surface area contributed by atoms with Gasteiger partial charge in [-0.25, -0.2) is 0 Å². The molecule has 0 aliphatic heterocycles. The van der Waals surface area contributed by atoms with Gasteiger partial charge < -0.3 is 20.1 Å². The van der Waals surface area contributed by atoms with E-state index < -0.39 is 11.8 Å². The van der Waals surface area contributed by atoms with E-state index in [4.69, 9.17) is 32.7 Å². The fourth-order valence-corrected chi connectivity index (χ4v) is 3.95. The molecule has 2 N–H and O–H groups in total. The molecule has 0 heterocycles. The average molecular weight is 550 g/mol. The fourth-order valence-electron chi connectivity index (χ4n) is 2.95. The number of carbonyl (C=O) groups is 2. The number of amides is 2. The van der Waals surface area contributed by atoms with E-state index in [1.807, 2.05) is 0 Å². The van der Waals surface area contributed by atoms with Crippen LogP contribution in [0, 0.1) is 0 Å². The van der Waals surface area contributed by atoms with Crippen LogP contribution < -0.4 is 20.1 Å². The number of halogens is 3. The number of anilines is 2. The van der Waals surface area contributed by atoms with Crippen molar-refractivity contribution in [2.75, 3.05) is 24.9 Å². The Morgan fingerprint density at radius 3 is 1.85 bits per heavy atom. The highest BCUT2D eigenvalue weighted by Crippen LogP contribution is 2.37. The van der Waals surface area contributed by atoms with Crippen LogP contribution in [0.25, 0.3) is 6.08 Å². The minimum Gasteiger partial charge on any atom is -0.493 e. The van der Waals surface area contributed by atoms with E-state index in [0.717, 1.165) is 0 Å². The van der Waals surface area contributed by atoms with Crippen LogP contribution in [0.5, 0.6) is 11.5 Å². The summed E-state index contributed by atoms with van der Waals surface area (Å²) in [4.78, 5) is 26.2. The number of ether oxygens (including phenoxy) is 2. The highest BCUT2D eigenvalue weighted by Gasteiger charge is 2.20. The molecule has 3 aromatic carbocycles. The third-order valence-corrected chi connectivity index (χ3v) is 5.48. The van der Waals surface area contributed by atoms with Crippen LogP contribution in [0.3, 0.4) is 0 Å². The summed E-state index contributed by atoms with van der Waals surface area (Å²) in [6, 6.07) is 16.6. The maximum atomic E-state index is 13.1. The molecule has 0 fully saturated rings. The van der Waals surface area contributed by atoms with Gasteiger partial charge in [-0.2, -0.15) is 0 Å². The third kappa shape index (κ3) is 6.51. The summed E-state index contributed by atoms with van der Waals surface area (Å²) in [5, 5.41) is 6.30. The van der Waals surface area contributed by atoms with Gasteiger partial charge in [-0.15, -0.1) is 0 Å². The lowest BCUT2D eigenvalue weighted by atomic mass is 10.1. The maximum Gasteiger partial charge on any atom is 0.261 e. The van der Waals surface area contributed by atoms with E-state index in [9.17, 15) is 9.59 Å². The Hall–Kier alpha value is -3.00. The average Bonchev–Trinajstić information content (AvgIpc) is 2.76. The molecule has 0 aliphatic carbocycles. The van der Waals surface area contributed by atoms with Gasteiger partial charge >= 0.3 is 0 Å². The van der Waals surface area contributed by atoms with Crippen LogP contribution in [0.4, 0.5) is 11.4 Å². The third-order valence-electron chi connectivity index (χ3n) is 4.42. The van der Waals surface area contributed by atoms with Gasteiger partial charge in [-0.05, 0) is 76.1 Å². The number of benzene rings is 3. The van der Waals surface area contributed by atoms with Crippen LogP contribution >= 0.6 is 39.1 Å². The first-order valence-corrected chi connectivity index (χ1v) is 11.1. The van der Waals surface area contributed by atoms with Crippen LogP contribution in [0.2, 0.25) is 10.0 Å². The van der Waals surface area contributed by atoms with E-state index >= 15 is 0 Å². The van der Waals surface area contributed by atoms with Crippen molar-refractivity contribution in [3.05, 3.63) is 86.3 Å². The number of hydrogen-bond donors (Lipinski definition) is 2. The summed E-state index contributed by atoms with van der Waals surface area (Å²) in [5.41, 5.74) is 1.29. The Labute approximate surface area is 209 Å². The zero-order valence-corrected chi connectivity index (χ0v) is 20.7. The molecule has 0 aliphatic rings. The SMILES string of the molecule is COc1cc(C=C(C(=O)Nc2cccc(Cl)c2)C(=O)Nc2cccc(Cl)c2)cc(Br)c1OC. The largest absolute Gasteiger partial charge is 0.493 e. The second-order valence-electron chi connectivity index (χ2n) is 6.73. The first-order chi connectivity index (χ1) is 15.8. The van der Waals surface area contributed by atoms with Gasteiger partial charge in [0, 0.05) is 21.4 Å². The smallest absolute Gasteiger partial charge is 0.261 e. The normalized spacial score (nSPS) is 10.2. The first kappa shape index (κ1) is 24.6. The lowest BCUT2D eigenvalue weighted by molar-refractivity contribution is -0.118. The Kier molecular flexibility index (Phi) is 8.38. The van der Waals surface area contributed by atoms with E-state index in [1.165, 1.54) is 20.3 Å². The number of nitrogens with one attached hydrogen (secondary N) is 2. The second kappa shape index (κ2) is 11.2. The predicted molar refractivity (Wildman–Crippen MR) is 135 cm³/mol. The van der Waals surface area contributed by atoms with Crippen LogP contribution in [-0.4, -0.2) is 26.0 Å². The molecule has 170 valence electrons. The quantitative estimate of drug-likeness (QED) is 0.202. The van der Waals surface area contributed by atoms with Gasteiger partial charge in [0.05, 0.1) is 18.7 Å². The number of carbonyl (C=O) groups excluding carboxylic acids is 2. The summed E-state index contributed by atoms with van der Waals surface area (Å²) in [6.07, 6.45) is 1.45. The zero-order valence-electron chi connectivity index (χ0n) is 17.6. The Bertz CT molecular complexity index is 1170. The highest BCUT2D eigenvalue weighted by molar-refractivity contribution is 9.10. The number of rotatable bonds is 7. The van der Waals surface area contributed by atoms with Crippen molar-refractivity contribution in [2.24, 2.45) is 0 Å². The van der Waals surface area contributed by atoms with Gasteiger partial charge in [0.1, 0.15) is 5.57 Å². The van der Waals surface area contributed by atoms with Crippen LogP contribution in [0.15, 0.2) is 70.7 Å². The Morgan fingerprint density at radius 1 is 0.848 bits per heavy atom. The van der Waals surface area contributed by atoms with E-state index in [1.54, 1.807) is 60.7 Å². The molecule has 0 atom stereocenters. The molecule has 0 bridgehead atoms. The zero-order chi connectivity index (χ0) is 24.0. The minimum atomic E-state index is -0.622. The lowest BCUT2D eigenvalue weighted by Crippen LogP contribution is -2.25. The summed E-state index contributed by atoms with van der Waals surface area (Å²) in [7, 11) is 3.01. The number of hydrogen-bond acceptors (Lipinski definition) is 4. The van der Waals surface area contributed by atoms with Gasteiger partial charge in [0.25, 0.3) is 11.8 Å². The van der Waals surface area contributed by atoms with Crippen molar-refractivity contribution in [1.29, 1.82) is 0 Å². The van der Waals surface area contributed by atoms with Gasteiger partial charge in [-0.3, -0.25) is 9.59 Å². The number of methoxy groups -OCH3 is 2. The van der Waals surface area contributed by atoms with E-state index in [0.29, 0.717) is 43.0 Å². The molecule has 0 saturated heterocycles. The van der Waals surface area contributed by atoms with Crippen molar-refractivity contribution < 1.29 is 19.1 Å². The van der Waals surface area contributed by atoms with Crippen molar-refractivity contribution in [3.8, 4) is 11.5 Å². The van der Waals surface area contributed by atoms with Crippen molar-refractivity contribution in [2.45, 2.75) is 0 Å². The highest BCUT2D eigenvalue weighted by atomic mass is 79.9. The molecule has 0 saturated carbocycles. The summed E-state index contributed by atoms with van der Waals surface area (Å²) in [5.74, 6) is -0.323. The molecular formula is C24H19BrCl2N2O4. The predicted octanol–water partition coefficient (Wildman–Crippen LogP) is 6.43. The van der Waals surface area contributed by atoms with E-state index in [-0.39, 0.29) is 5.57 Å². The summed E-state index contributed by atoms with van der Waals surface area (Å²) < 4.78 is 11.3. The van der Waals surface area contributed by atoms with Gasteiger partial charge in [0.15, 0.2) is 11.5 Å². The topological polar surface area (TPSA) is 76.7 Å². The van der Waals surface area contributed by atoms with E-state index in [2.05, 4.69) is 26.6 Å². The van der Waals surface area contributed by atoms with Gasteiger partial charge in [0.2, 0.25) is 0 Å². The molecular weight excluding hydrogens is 531 g/mol. The molecule has 3 aromatic rings. The minimum absolute atomic E-state index is 0.144. The van der Waals surface area contributed by atoms with Crippen LogP contribution in [0.1, 0.15) is 5.56 Å². The van der Waals surface area contributed by atoms with Crippen molar-refractivity contribution >= 4 is 68.4 Å². The monoisotopic (exact) mass is 548 g/mol. The van der Waals surface area contributed by atoms with Crippen molar-refractivity contribution in [1.82, 2.24) is 0 Å². The molecule has 2 amide bonds. The lowest BCUT2D eigenvalue weighted by Gasteiger charge is -2.13. The molecule has 0 spiro atoms. The molecule has 6 nitrogen and oxygen atoms in total. The first-order valence-electron chi connectivity index (χ1n) is 9.57. The Balaban J connectivity index is 2.01. The molecule has 9 heteroatoms. The summed E-state index contributed by atoms with van der Waals surface area (Å²) in [6.45, 7) is 0. The molecule has 0 aromatic heterocycles. The molecule has 3 rings (SSSR count). The maximum absolute atomic E-state index is 13.1. The molecule has 0 radical (unpaired) electrons. The standard InChI is InChI=1S/C24H19BrCl2N2O4/c1-32-21-11-14(10-20(25)22(21)33-2)9-19(23(30)28-17-7-3-5-15(26)12-17)24(31)29-18-8-4-6-16(27)13-18/h3-13H,1-2H3,(H,28,30)(H,29,31). The van der Waals surface area contributed by atoms with Gasteiger partial charge in [-0.1, -0.05) is 35.3 Å².